The van der Waals surface area contributed by atoms with E-state index < -0.39 is 5.41 Å². The number of hydrogen-bond acceptors (Lipinski definition) is 2. The first kappa shape index (κ1) is 37.1. The smallest absolute Gasteiger partial charge is 0.0755 e. The van der Waals surface area contributed by atoms with Crippen molar-refractivity contribution in [3.63, 3.8) is 0 Å². The van der Waals surface area contributed by atoms with E-state index in [9.17, 15) is 0 Å². The standard InChI is InChI=1S/C63H42N2/c1-3-19-43(20-4-1)45-22-17-23-46(41-45)52-27-10-14-33-58(52)65(49-39-40-51-47(42-49)38-37-44-21-7-8-26-50(44)51)61-36-18-32-57-62(61)53-28-9-11-29-54(53)63(57)55-30-12-15-34-59(55)64(48-24-5-2-6-25-48)60-35-16-13-31-56(60)63/h1-42H. The predicted molar refractivity (Wildman–Crippen MR) is 273 cm³/mol. The van der Waals surface area contributed by atoms with Gasteiger partial charge in [-0.2, -0.15) is 0 Å². The van der Waals surface area contributed by atoms with Crippen LogP contribution in [0.1, 0.15) is 22.3 Å². The molecule has 13 rings (SSSR count). The van der Waals surface area contributed by atoms with Crippen LogP contribution in [-0.2, 0) is 5.41 Å². The zero-order chi connectivity index (χ0) is 42.9. The minimum absolute atomic E-state index is 0.585. The molecular formula is C63H42N2. The molecule has 1 spiro atoms. The van der Waals surface area contributed by atoms with Crippen molar-refractivity contribution in [3.8, 4) is 33.4 Å². The third-order valence-electron chi connectivity index (χ3n) is 13.8. The van der Waals surface area contributed by atoms with Gasteiger partial charge in [-0.15, -0.1) is 0 Å². The third-order valence-corrected chi connectivity index (χ3v) is 13.8. The maximum Gasteiger partial charge on any atom is 0.0755 e. The molecule has 304 valence electrons. The fourth-order valence-corrected chi connectivity index (χ4v) is 11.1. The summed E-state index contributed by atoms with van der Waals surface area (Å²) in [6.07, 6.45) is 0. The van der Waals surface area contributed by atoms with Gasteiger partial charge in [0.1, 0.15) is 0 Å². The first-order chi connectivity index (χ1) is 32.3. The summed E-state index contributed by atoms with van der Waals surface area (Å²) in [6.45, 7) is 0. The highest BCUT2D eigenvalue weighted by molar-refractivity contribution is 6.09. The second-order valence-corrected chi connectivity index (χ2v) is 17.2. The molecule has 0 fully saturated rings. The Kier molecular flexibility index (Phi) is 8.47. The van der Waals surface area contributed by atoms with Gasteiger partial charge in [-0.3, -0.25) is 0 Å². The van der Waals surface area contributed by atoms with Crippen molar-refractivity contribution < 1.29 is 0 Å². The van der Waals surface area contributed by atoms with Crippen LogP contribution in [0.25, 0.3) is 54.9 Å². The Labute approximate surface area is 379 Å². The van der Waals surface area contributed by atoms with Crippen molar-refractivity contribution in [2.24, 2.45) is 0 Å². The van der Waals surface area contributed by atoms with Gasteiger partial charge >= 0.3 is 0 Å². The summed E-state index contributed by atoms with van der Waals surface area (Å²) in [5.74, 6) is 0. The van der Waals surface area contributed by atoms with Gasteiger partial charge in [0.05, 0.1) is 28.2 Å². The molecule has 0 N–H and O–H groups in total. The van der Waals surface area contributed by atoms with Crippen LogP contribution in [0.3, 0.4) is 0 Å². The number of fused-ring (bicyclic) bond motifs is 12. The minimum atomic E-state index is -0.585. The summed E-state index contributed by atoms with van der Waals surface area (Å²) in [6, 6.07) is 94.0. The number of benzene rings is 11. The van der Waals surface area contributed by atoms with Crippen LogP contribution in [-0.4, -0.2) is 0 Å². The molecule has 2 heteroatoms. The molecule has 0 bridgehead atoms. The molecule has 1 aliphatic carbocycles. The molecule has 1 heterocycles. The van der Waals surface area contributed by atoms with E-state index in [0.29, 0.717) is 0 Å². The van der Waals surface area contributed by atoms with Crippen LogP contribution in [0.15, 0.2) is 255 Å². The average Bonchev–Trinajstić information content (AvgIpc) is 3.68. The van der Waals surface area contributed by atoms with Crippen LogP contribution in [0.2, 0.25) is 0 Å². The number of para-hydroxylation sites is 4. The highest BCUT2D eigenvalue weighted by Gasteiger charge is 2.52. The summed E-state index contributed by atoms with van der Waals surface area (Å²) in [7, 11) is 0. The number of rotatable bonds is 6. The van der Waals surface area contributed by atoms with Crippen LogP contribution < -0.4 is 9.80 Å². The molecule has 2 nitrogen and oxygen atoms in total. The maximum atomic E-state index is 2.53. The molecule has 65 heavy (non-hydrogen) atoms. The Morgan fingerprint density at radius 1 is 0.323 bits per heavy atom. The van der Waals surface area contributed by atoms with Gasteiger partial charge in [0.15, 0.2) is 0 Å². The molecule has 11 aromatic carbocycles. The summed E-state index contributed by atoms with van der Waals surface area (Å²) in [5, 5.41) is 4.96. The van der Waals surface area contributed by atoms with Crippen LogP contribution in [0.5, 0.6) is 0 Å². The van der Waals surface area contributed by atoms with Crippen molar-refractivity contribution in [1.82, 2.24) is 0 Å². The normalized spacial score (nSPS) is 13.0. The number of hydrogen-bond donors (Lipinski definition) is 0. The highest BCUT2D eigenvalue weighted by atomic mass is 15.2. The lowest BCUT2D eigenvalue weighted by Crippen LogP contribution is -2.36. The topological polar surface area (TPSA) is 6.48 Å². The molecule has 0 atom stereocenters. The fraction of sp³-hybridized carbons (Fsp3) is 0.0159. The molecule has 0 aromatic heterocycles. The number of nitrogens with zero attached hydrogens (tertiary/aromatic N) is 2. The molecule has 2 aliphatic rings. The van der Waals surface area contributed by atoms with Crippen molar-refractivity contribution >= 4 is 55.7 Å². The van der Waals surface area contributed by atoms with Crippen molar-refractivity contribution in [2.75, 3.05) is 9.80 Å². The molecule has 0 amide bonds. The van der Waals surface area contributed by atoms with Gasteiger partial charge < -0.3 is 9.80 Å². The quantitative estimate of drug-likeness (QED) is 0.154. The maximum absolute atomic E-state index is 2.53. The van der Waals surface area contributed by atoms with Crippen molar-refractivity contribution in [1.29, 1.82) is 0 Å². The Bertz CT molecular complexity index is 3580. The Morgan fingerprint density at radius 3 is 1.68 bits per heavy atom. The first-order valence-electron chi connectivity index (χ1n) is 22.5. The van der Waals surface area contributed by atoms with Crippen LogP contribution >= 0.6 is 0 Å². The summed E-state index contributed by atoms with van der Waals surface area (Å²) < 4.78 is 0. The fourth-order valence-electron chi connectivity index (χ4n) is 11.1. The second kappa shape index (κ2) is 14.8. The zero-order valence-electron chi connectivity index (χ0n) is 35.6. The van der Waals surface area contributed by atoms with E-state index >= 15 is 0 Å². The van der Waals surface area contributed by atoms with Gasteiger partial charge in [-0.25, -0.2) is 0 Å². The third kappa shape index (κ3) is 5.60. The van der Waals surface area contributed by atoms with E-state index in [2.05, 4.69) is 265 Å². The van der Waals surface area contributed by atoms with Crippen LogP contribution in [0, 0.1) is 0 Å². The van der Waals surface area contributed by atoms with E-state index in [1.807, 2.05) is 0 Å². The Morgan fingerprint density at radius 2 is 0.877 bits per heavy atom. The molecule has 0 radical (unpaired) electrons. The van der Waals surface area contributed by atoms with E-state index in [-0.39, 0.29) is 0 Å². The predicted octanol–water partition coefficient (Wildman–Crippen LogP) is 16.9. The lowest BCUT2D eigenvalue weighted by atomic mass is 9.64. The molecule has 1 aliphatic heterocycles. The summed E-state index contributed by atoms with van der Waals surface area (Å²) in [5.41, 5.74) is 18.6. The van der Waals surface area contributed by atoms with Crippen molar-refractivity contribution in [2.45, 2.75) is 5.41 Å². The molecule has 11 aromatic rings. The average molecular weight is 827 g/mol. The van der Waals surface area contributed by atoms with Gasteiger partial charge in [0.25, 0.3) is 0 Å². The lowest BCUT2D eigenvalue weighted by molar-refractivity contribution is 0.752. The van der Waals surface area contributed by atoms with E-state index in [1.54, 1.807) is 0 Å². The largest absolute Gasteiger partial charge is 0.310 e. The van der Waals surface area contributed by atoms with Gasteiger partial charge in [0.2, 0.25) is 0 Å². The first-order valence-corrected chi connectivity index (χ1v) is 22.5. The highest BCUT2D eigenvalue weighted by Crippen LogP contribution is 2.65. The van der Waals surface area contributed by atoms with Crippen LogP contribution in [0.4, 0.5) is 34.1 Å². The van der Waals surface area contributed by atoms with Gasteiger partial charge in [-0.1, -0.05) is 200 Å². The van der Waals surface area contributed by atoms with E-state index in [4.69, 9.17) is 0 Å². The summed E-state index contributed by atoms with van der Waals surface area (Å²) in [4.78, 5) is 4.98. The SMILES string of the molecule is c1ccc(-c2cccc(-c3ccccc3N(c3ccc4c(ccc5ccccc54)c3)c3cccc4c3-c3ccccc3C43c4ccccc4N(c4ccccc4)c4ccccc43)c2)cc1. The molecular weight excluding hydrogens is 785 g/mol. The second-order valence-electron chi connectivity index (χ2n) is 17.2. The van der Waals surface area contributed by atoms with Crippen molar-refractivity contribution in [3.05, 3.63) is 277 Å². The van der Waals surface area contributed by atoms with E-state index in [1.165, 1.54) is 83.0 Å². The Balaban J connectivity index is 1.10. The van der Waals surface area contributed by atoms with E-state index in [0.717, 1.165) is 28.3 Å². The Hall–Kier alpha value is -8.46. The monoisotopic (exact) mass is 826 g/mol. The summed E-state index contributed by atoms with van der Waals surface area (Å²) >= 11 is 0. The molecule has 0 saturated heterocycles. The lowest BCUT2D eigenvalue weighted by Gasteiger charge is -2.45. The zero-order valence-corrected chi connectivity index (χ0v) is 35.6. The van der Waals surface area contributed by atoms with Gasteiger partial charge in [-0.05, 0) is 121 Å². The number of anilines is 6. The molecule has 0 saturated carbocycles. The minimum Gasteiger partial charge on any atom is -0.310 e. The molecule has 0 unspecified atom stereocenters. The van der Waals surface area contributed by atoms with Gasteiger partial charge in [0, 0.05) is 22.5 Å².